The fourth-order valence-electron chi connectivity index (χ4n) is 7.31. The maximum absolute atomic E-state index is 13.6. The molecule has 250 valence electrons. The van der Waals surface area contributed by atoms with Crippen LogP contribution in [-0.4, -0.2) is 84.5 Å². The molecule has 4 atom stereocenters. The van der Waals surface area contributed by atoms with Gasteiger partial charge in [-0.1, -0.05) is 29.8 Å². The van der Waals surface area contributed by atoms with Gasteiger partial charge in [0.1, 0.15) is 11.4 Å². The zero-order valence-electron chi connectivity index (χ0n) is 27.3. The fourth-order valence-corrected chi connectivity index (χ4v) is 8.62. The van der Waals surface area contributed by atoms with Crippen molar-refractivity contribution in [2.75, 3.05) is 58.5 Å². The summed E-state index contributed by atoms with van der Waals surface area (Å²) in [5, 5.41) is 0.731. The van der Waals surface area contributed by atoms with Gasteiger partial charge in [-0.05, 0) is 113 Å². The lowest BCUT2D eigenvalue weighted by molar-refractivity contribution is -0.139. The van der Waals surface area contributed by atoms with Crippen LogP contribution in [-0.2, 0) is 36.1 Å². The first-order chi connectivity index (χ1) is 21.9. The van der Waals surface area contributed by atoms with Gasteiger partial charge in [0.25, 0.3) is 15.9 Å². The Hall–Kier alpha value is -2.63. The Bertz CT molecular complexity index is 1590. The van der Waals surface area contributed by atoms with Crippen molar-refractivity contribution >= 4 is 33.2 Å². The van der Waals surface area contributed by atoms with E-state index in [2.05, 4.69) is 32.7 Å². The lowest BCUT2D eigenvalue weighted by Gasteiger charge is -2.46. The Kier molecular flexibility index (Phi) is 9.48. The third-order valence-corrected chi connectivity index (χ3v) is 11.7. The largest absolute Gasteiger partial charge is 0.490 e. The number of anilines is 1. The summed E-state index contributed by atoms with van der Waals surface area (Å²) >= 11 is 6.43. The number of hydrogen-bond acceptors (Lipinski definition) is 8. The van der Waals surface area contributed by atoms with E-state index in [1.807, 2.05) is 26.2 Å². The predicted octanol–water partition coefficient (Wildman–Crippen LogP) is 4.96. The minimum absolute atomic E-state index is 0.0119. The molecule has 4 aliphatic rings. The Labute approximate surface area is 278 Å². The number of fused-ring (bicyclic) bond motifs is 4. The summed E-state index contributed by atoms with van der Waals surface area (Å²) in [4.78, 5) is 17.7. The van der Waals surface area contributed by atoms with E-state index in [0.717, 1.165) is 55.9 Å². The Morgan fingerprint density at radius 1 is 1.15 bits per heavy atom. The third kappa shape index (κ3) is 6.83. The molecule has 0 aromatic heterocycles. The second-order valence-electron chi connectivity index (χ2n) is 14.1. The molecule has 2 aliphatic heterocycles. The summed E-state index contributed by atoms with van der Waals surface area (Å²) in [5.74, 6) is 0.527. The van der Waals surface area contributed by atoms with Crippen molar-refractivity contribution in [3.63, 3.8) is 0 Å². The molecule has 1 amide bonds. The minimum Gasteiger partial charge on any atom is -0.490 e. The zero-order valence-corrected chi connectivity index (χ0v) is 28.8. The number of sulfonamides is 1. The summed E-state index contributed by atoms with van der Waals surface area (Å²) in [7, 11) is -0.117. The third-order valence-electron chi connectivity index (χ3n) is 10.2. The van der Waals surface area contributed by atoms with Gasteiger partial charge >= 0.3 is 0 Å². The van der Waals surface area contributed by atoms with E-state index in [-0.39, 0.29) is 28.9 Å². The van der Waals surface area contributed by atoms with Crippen molar-refractivity contribution in [3.8, 4) is 5.75 Å². The summed E-state index contributed by atoms with van der Waals surface area (Å²) in [6.45, 7) is 6.59. The van der Waals surface area contributed by atoms with Gasteiger partial charge in [0.15, 0.2) is 0 Å². The van der Waals surface area contributed by atoms with Crippen LogP contribution in [0, 0.1) is 11.8 Å². The second kappa shape index (κ2) is 13.1. The Morgan fingerprint density at radius 2 is 1.98 bits per heavy atom. The number of rotatable bonds is 4. The molecule has 1 saturated carbocycles. The number of benzene rings is 2. The molecule has 2 bridgehead atoms. The molecule has 1 spiro atoms. The number of carbonyl (C=O) groups excluding carboxylic acids is 1. The van der Waals surface area contributed by atoms with Crippen LogP contribution in [0.3, 0.4) is 0 Å². The van der Waals surface area contributed by atoms with Gasteiger partial charge in [0.05, 0.1) is 36.5 Å². The zero-order chi connectivity index (χ0) is 32.7. The van der Waals surface area contributed by atoms with Crippen molar-refractivity contribution in [2.45, 2.75) is 68.0 Å². The van der Waals surface area contributed by atoms with Crippen LogP contribution in [0.15, 0.2) is 53.4 Å². The van der Waals surface area contributed by atoms with Crippen LogP contribution < -0.4 is 14.4 Å². The molecule has 2 aromatic carbocycles. The Balaban J connectivity index is 1.41. The van der Waals surface area contributed by atoms with Crippen LogP contribution in [0.2, 0.25) is 5.02 Å². The molecule has 2 aliphatic carbocycles. The van der Waals surface area contributed by atoms with Crippen molar-refractivity contribution in [1.82, 2.24) is 9.62 Å². The van der Waals surface area contributed by atoms with Crippen molar-refractivity contribution < 1.29 is 27.4 Å². The first-order valence-electron chi connectivity index (χ1n) is 16.3. The van der Waals surface area contributed by atoms with E-state index >= 15 is 0 Å². The highest BCUT2D eigenvalue weighted by Crippen LogP contribution is 2.47. The molecule has 46 heavy (non-hydrogen) atoms. The smallest absolute Gasteiger partial charge is 0.265 e. The highest BCUT2D eigenvalue weighted by molar-refractivity contribution is 7.90. The quantitative estimate of drug-likeness (QED) is 0.456. The van der Waals surface area contributed by atoms with Crippen LogP contribution >= 0.6 is 11.6 Å². The molecule has 11 heteroatoms. The molecule has 6 rings (SSSR count). The summed E-state index contributed by atoms with van der Waals surface area (Å²) < 4.78 is 48.4. The number of aryl methyl sites for hydroxylation is 1. The van der Waals surface area contributed by atoms with Gasteiger partial charge in [-0.2, -0.15) is 0 Å². The molecular weight excluding hydrogens is 626 g/mol. The van der Waals surface area contributed by atoms with Crippen LogP contribution in [0.4, 0.5) is 5.69 Å². The molecular formula is C35H46ClN3O6S. The number of hydrogen-bond donors (Lipinski definition) is 1. The van der Waals surface area contributed by atoms with Crippen molar-refractivity contribution in [3.05, 3.63) is 64.7 Å². The van der Waals surface area contributed by atoms with Gasteiger partial charge in [0, 0.05) is 30.1 Å². The van der Waals surface area contributed by atoms with Gasteiger partial charge in [-0.3, -0.25) is 4.79 Å². The number of likely N-dealkylation sites (N-methyl/N-ethyl adjacent to an activating group) is 1. The first kappa shape index (κ1) is 33.3. The van der Waals surface area contributed by atoms with Gasteiger partial charge in [0.2, 0.25) is 0 Å². The molecule has 0 unspecified atom stereocenters. The number of amides is 1. The monoisotopic (exact) mass is 671 g/mol. The van der Waals surface area contributed by atoms with E-state index in [9.17, 15) is 13.2 Å². The maximum Gasteiger partial charge on any atom is 0.265 e. The molecule has 0 radical (unpaired) electrons. The highest BCUT2D eigenvalue weighted by Gasteiger charge is 2.45. The topological polar surface area (TPSA) is 97.4 Å². The number of nitrogens with one attached hydrogen (secondary N) is 1. The number of carbonyl (C=O) groups is 1. The summed E-state index contributed by atoms with van der Waals surface area (Å²) in [6.07, 6.45) is 8.87. The SMILES string of the molecule is CN(C)CCO[C@@H]1/C=C/COC(C)(C)C(=O)NS(=O)(=O)c2ccc3c(c2)N(C[C@@H]2CC[C@H]21)C[C@@]1(CCCc2cc(Cl)ccc21)CO3. The summed E-state index contributed by atoms with van der Waals surface area (Å²) in [6, 6.07) is 11.1. The molecule has 9 nitrogen and oxygen atoms in total. The fraction of sp³-hybridized carbons (Fsp3) is 0.571. The average molecular weight is 672 g/mol. The minimum atomic E-state index is -4.18. The molecule has 0 saturated heterocycles. The number of halogens is 1. The molecule has 2 aromatic rings. The van der Waals surface area contributed by atoms with Crippen LogP contribution in [0.1, 0.15) is 50.7 Å². The number of nitrogens with zero attached hydrogens (tertiary/aromatic N) is 2. The lowest BCUT2D eigenvalue weighted by atomic mass is 9.68. The standard InChI is InChI=1S/C35H46ClN3O6S/c1-34(2)33(40)37-46(41,42)27-11-14-32-30(20-27)39(22-35(23-44-32)15-5-7-24-19-26(36)10-13-29(24)35)21-25-9-12-28(25)31(8-6-17-45-34)43-18-16-38(3)4/h6,8,10-11,13-14,19-20,25,28,31H,5,7,9,12,15-18,21-23H2,1-4H3,(H,37,40)/b8-6+/t25-,28+,31+,35-/m0/s1. The van der Waals surface area contributed by atoms with E-state index in [1.54, 1.807) is 26.0 Å². The van der Waals surface area contributed by atoms with Crippen LogP contribution in [0.5, 0.6) is 5.75 Å². The average Bonchev–Trinajstić information content (AvgIpc) is 3.13. The Morgan fingerprint density at radius 3 is 2.74 bits per heavy atom. The maximum atomic E-state index is 13.6. The first-order valence-corrected chi connectivity index (χ1v) is 18.2. The number of ether oxygens (including phenoxy) is 3. The van der Waals surface area contributed by atoms with Crippen LogP contribution in [0.25, 0.3) is 0 Å². The lowest BCUT2D eigenvalue weighted by Crippen LogP contribution is -2.50. The summed E-state index contributed by atoms with van der Waals surface area (Å²) in [5.41, 5.74) is 1.57. The van der Waals surface area contributed by atoms with Gasteiger partial charge in [-0.15, -0.1) is 0 Å². The molecule has 1 fully saturated rings. The van der Waals surface area contributed by atoms with Gasteiger partial charge in [-0.25, -0.2) is 13.1 Å². The van der Waals surface area contributed by atoms with Crippen molar-refractivity contribution in [2.24, 2.45) is 11.8 Å². The van der Waals surface area contributed by atoms with E-state index < -0.39 is 21.5 Å². The predicted molar refractivity (Wildman–Crippen MR) is 179 cm³/mol. The normalized spacial score (nSPS) is 29.5. The van der Waals surface area contributed by atoms with Crippen molar-refractivity contribution in [1.29, 1.82) is 0 Å². The van der Waals surface area contributed by atoms with E-state index in [1.165, 1.54) is 17.2 Å². The van der Waals surface area contributed by atoms with E-state index in [0.29, 0.717) is 31.4 Å². The second-order valence-corrected chi connectivity index (χ2v) is 16.2. The molecule has 2 heterocycles. The molecule has 1 N–H and O–H groups in total. The van der Waals surface area contributed by atoms with Gasteiger partial charge < -0.3 is 24.0 Å². The van der Waals surface area contributed by atoms with E-state index in [4.69, 9.17) is 25.8 Å². The highest BCUT2D eigenvalue weighted by atomic mass is 35.5.